The van der Waals surface area contributed by atoms with Crippen molar-refractivity contribution in [2.45, 2.75) is 0 Å². The number of hydrogen-bond acceptors (Lipinski definition) is 3. The third-order valence-corrected chi connectivity index (χ3v) is 5.34. The number of aromatic nitrogens is 2. The molecule has 4 rings (SSSR count). The minimum absolute atomic E-state index is 0.476. The van der Waals surface area contributed by atoms with E-state index >= 15 is 0 Å². The maximum atomic E-state index is 11.8. The molecule has 2 aromatic carbocycles. The Morgan fingerprint density at radius 1 is 1.00 bits per heavy atom. The summed E-state index contributed by atoms with van der Waals surface area (Å²) in [6, 6.07) is 15.1. The quantitative estimate of drug-likeness (QED) is 0.422. The zero-order valence-corrected chi connectivity index (χ0v) is 14.6. The fourth-order valence-corrected chi connectivity index (χ4v) is 3.86. The summed E-state index contributed by atoms with van der Waals surface area (Å²) in [6.07, 6.45) is 0.843. The molecular weight excluding hydrogens is 363 g/mol. The molecule has 0 aliphatic heterocycles. The maximum absolute atomic E-state index is 11.8. The standard InChI is InChI=1S/C18H10Cl2N2OS/c19-13-7-6-12(8-14(13)20)16-10-24-18-21-17(15(9-23)22(16)18)11-4-2-1-3-5-11/h1-10H. The molecule has 118 valence electrons. The van der Waals surface area contributed by atoms with Gasteiger partial charge in [-0.25, -0.2) is 4.98 Å². The van der Waals surface area contributed by atoms with Crippen LogP contribution >= 0.6 is 34.5 Å². The monoisotopic (exact) mass is 372 g/mol. The van der Waals surface area contributed by atoms with Crippen molar-refractivity contribution < 1.29 is 4.79 Å². The summed E-state index contributed by atoms with van der Waals surface area (Å²) in [5.41, 5.74) is 3.87. The third-order valence-electron chi connectivity index (χ3n) is 3.77. The van der Waals surface area contributed by atoms with E-state index in [1.54, 1.807) is 12.1 Å². The van der Waals surface area contributed by atoms with Gasteiger partial charge in [-0.1, -0.05) is 59.6 Å². The Kier molecular flexibility index (Phi) is 3.88. The van der Waals surface area contributed by atoms with E-state index < -0.39 is 0 Å². The van der Waals surface area contributed by atoms with Crippen LogP contribution in [-0.2, 0) is 0 Å². The van der Waals surface area contributed by atoms with Crippen molar-refractivity contribution in [3.8, 4) is 22.5 Å². The molecule has 0 atom stereocenters. The number of fused-ring (bicyclic) bond motifs is 1. The normalized spacial score (nSPS) is 11.1. The highest BCUT2D eigenvalue weighted by Crippen LogP contribution is 2.34. The van der Waals surface area contributed by atoms with Gasteiger partial charge in [-0.2, -0.15) is 0 Å². The molecule has 0 unspecified atom stereocenters. The van der Waals surface area contributed by atoms with E-state index in [1.807, 2.05) is 46.2 Å². The van der Waals surface area contributed by atoms with Crippen LogP contribution in [0.4, 0.5) is 0 Å². The third kappa shape index (κ3) is 2.44. The molecule has 6 heteroatoms. The number of aldehydes is 1. The highest BCUT2D eigenvalue weighted by molar-refractivity contribution is 7.15. The summed E-state index contributed by atoms with van der Waals surface area (Å²) >= 11 is 13.6. The van der Waals surface area contributed by atoms with E-state index in [1.165, 1.54) is 11.3 Å². The lowest BCUT2D eigenvalue weighted by Crippen LogP contribution is -1.94. The van der Waals surface area contributed by atoms with Gasteiger partial charge in [-0.3, -0.25) is 9.20 Å². The summed E-state index contributed by atoms with van der Waals surface area (Å²) in [5, 5.41) is 2.94. The second-order valence-electron chi connectivity index (χ2n) is 5.20. The first-order valence-electron chi connectivity index (χ1n) is 7.15. The zero-order valence-electron chi connectivity index (χ0n) is 12.2. The molecule has 2 aromatic heterocycles. The molecule has 0 aliphatic carbocycles. The molecule has 0 amide bonds. The SMILES string of the molecule is O=Cc1c(-c2ccccc2)nc2scc(-c3ccc(Cl)c(Cl)c3)n12. The molecule has 2 heterocycles. The predicted octanol–water partition coefficient (Wildman–Crippen LogP) is 5.85. The van der Waals surface area contributed by atoms with Crippen LogP contribution in [0.5, 0.6) is 0 Å². The zero-order chi connectivity index (χ0) is 16.7. The molecule has 24 heavy (non-hydrogen) atoms. The van der Waals surface area contributed by atoms with Crippen molar-refractivity contribution in [3.63, 3.8) is 0 Å². The average molecular weight is 373 g/mol. The van der Waals surface area contributed by atoms with Crippen LogP contribution in [-0.4, -0.2) is 15.7 Å². The van der Waals surface area contributed by atoms with Crippen LogP contribution in [0.2, 0.25) is 10.0 Å². The van der Waals surface area contributed by atoms with E-state index in [2.05, 4.69) is 4.98 Å². The first kappa shape index (κ1) is 15.4. The van der Waals surface area contributed by atoms with E-state index in [0.29, 0.717) is 21.4 Å². The number of rotatable bonds is 3. The van der Waals surface area contributed by atoms with Gasteiger partial charge >= 0.3 is 0 Å². The van der Waals surface area contributed by atoms with Crippen molar-refractivity contribution in [3.05, 3.63) is 69.7 Å². The lowest BCUT2D eigenvalue weighted by atomic mass is 10.1. The average Bonchev–Trinajstić information content (AvgIpc) is 3.17. The second kappa shape index (κ2) is 6.06. The summed E-state index contributed by atoms with van der Waals surface area (Å²) in [5.74, 6) is 0. The Labute approximate surface area is 152 Å². The van der Waals surface area contributed by atoms with Crippen LogP contribution in [0.1, 0.15) is 10.5 Å². The van der Waals surface area contributed by atoms with E-state index in [9.17, 15) is 4.79 Å². The Morgan fingerprint density at radius 2 is 1.79 bits per heavy atom. The number of benzene rings is 2. The molecule has 0 spiro atoms. The van der Waals surface area contributed by atoms with Crippen molar-refractivity contribution >= 4 is 45.8 Å². The molecule has 0 saturated heterocycles. The maximum Gasteiger partial charge on any atom is 0.195 e. The number of hydrogen-bond donors (Lipinski definition) is 0. The molecular formula is C18H10Cl2N2OS. The molecule has 0 bridgehead atoms. The molecule has 0 aliphatic rings. The van der Waals surface area contributed by atoms with Crippen LogP contribution < -0.4 is 0 Å². The minimum Gasteiger partial charge on any atom is -0.296 e. The number of imidazole rings is 1. The molecule has 0 N–H and O–H groups in total. The summed E-state index contributed by atoms with van der Waals surface area (Å²) in [4.78, 5) is 17.2. The lowest BCUT2D eigenvalue weighted by Gasteiger charge is -2.04. The largest absolute Gasteiger partial charge is 0.296 e. The van der Waals surface area contributed by atoms with Gasteiger partial charge < -0.3 is 0 Å². The number of thiazole rings is 1. The topological polar surface area (TPSA) is 34.4 Å². The first-order chi connectivity index (χ1) is 11.7. The smallest absolute Gasteiger partial charge is 0.195 e. The Balaban J connectivity index is 1.97. The molecule has 3 nitrogen and oxygen atoms in total. The second-order valence-corrected chi connectivity index (χ2v) is 6.85. The Hall–Kier alpha value is -2.14. The lowest BCUT2D eigenvalue weighted by molar-refractivity contribution is 0.111. The van der Waals surface area contributed by atoms with Gasteiger partial charge in [-0.05, 0) is 12.1 Å². The number of nitrogens with zero attached hydrogens (tertiary/aromatic N) is 2. The Morgan fingerprint density at radius 3 is 2.50 bits per heavy atom. The van der Waals surface area contributed by atoms with Crippen molar-refractivity contribution in [2.75, 3.05) is 0 Å². The van der Waals surface area contributed by atoms with Crippen molar-refractivity contribution in [2.24, 2.45) is 0 Å². The molecule has 4 aromatic rings. The highest BCUT2D eigenvalue weighted by atomic mass is 35.5. The highest BCUT2D eigenvalue weighted by Gasteiger charge is 2.18. The van der Waals surface area contributed by atoms with Crippen LogP contribution in [0, 0.1) is 0 Å². The van der Waals surface area contributed by atoms with Gasteiger partial charge in [0.15, 0.2) is 11.2 Å². The first-order valence-corrected chi connectivity index (χ1v) is 8.78. The summed E-state index contributed by atoms with van der Waals surface area (Å²) < 4.78 is 1.86. The van der Waals surface area contributed by atoms with Crippen LogP contribution in [0.25, 0.3) is 27.5 Å². The van der Waals surface area contributed by atoms with Crippen LogP contribution in [0.15, 0.2) is 53.9 Å². The van der Waals surface area contributed by atoms with Crippen molar-refractivity contribution in [1.82, 2.24) is 9.38 Å². The van der Waals surface area contributed by atoms with E-state index in [0.717, 1.165) is 28.1 Å². The molecule has 0 saturated carbocycles. The number of carbonyl (C=O) groups excluding carboxylic acids is 1. The van der Waals surface area contributed by atoms with Gasteiger partial charge in [-0.15, -0.1) is 11.3 Å². The van der Waals surface area contributed by atoms with Gasteiger partial charge in [0.2, 0.25) is 0 Å². The van der Waals surface area contributed by atoms with Gasteiger partial charge in [0.05, 0.1) is 15.7 Å². The van der Waals surface area contributed by atoms with Gasteiger partial charge in [0.1, 0.15) is 11.4 Å². The molecule has 0 fully saturated rings. The summed E-state index contributed by atoms with van der Waals surface area (Å²) in [7, 11) is 0. The Bertz CT molecular complexity index is 1050. The predicted molar refractivity (Wildman–Crippen MR) is 99.3 cm³/mol. The number of halogens is 2. The van der Waals surface area contributed by atoms with Crippen LogP contribution in [0.3, 0.4) is 0 Å². The minimum atomic E-state index is 0.476. The molecule has 0 radical (unpaired) electrons. The van der Waals surface area contributed by atoms with Crippen molar-refractivity contribution in [1.29, 1.82) is 0 Å². The van der Waals surface area contributed by atoms with E-state index in [4.69, 9.17) is 23.2 Å². The van der Waals surface area contributed by atoms with E-state index in [-0.39, 0.29) is 0 Å². The van der Waals surface area contributed by atoms with Gasteiger partial charge in [0.25, 0.3) is 0 Å². The van der Waals surface area contributed by atoms with Gasteiger partial charge in [0, 0.05) is 16.5 Å². The fourth-order valence-electron chi connectivity index (χ4n) is 2.65. The fraction of sp³-hybridized carbons (Fsp3) is 0. The summed E-state index contributed by atoms with van der Waals surface area (Å²) in [6.45, 7) is 0. The number of carbonyl (C=O) groups is 1.